The fraction of sp³-hybridized carbons (Fsp3) is 0.263. The van der Waals surface area contributed by atoms with E-state index in [1.54, 1.807) is 19.1 Å². The van der Waals surface area contributed by atoms with Gasteiger partial charge in [0.25, 0.3) is 5.91 Å². The number of halogens is 2. The highest BCUT2D eigenvalue weighted by molar-refractivity contribution is 7.93. The fourth-order valence-corrected chi connectivity index (χ4v) is 5.58. The van der Waals surface area contributed by atoms with Crippen molar-refractivity contribution in [3.8, 4) is 17.3 Å². The predicted molar refractivity (Wildman–Crippen MR) is 104 cm³/mol. The highest BCUT2D eigenvalue weighted by Crippen LogP contribution is 2.30. The number of aromatic hydroxyl groups is 1. The van der Waals surface area contributed by atoms with Gasteiger partial charge in [-0.15, -0.1) is 5.10 Å². The highest BCUT2D eigenvalue weighted by atomic mass is 32.2. The Labute approximate surface area is 170 Å². The summed E-state index contributed by atoms with van der Waals surface area (Å²) in [7, 11) is -3.12. The number of hydrogen-bond acceptors (Lipinski definition) is 6. The van der Waals surface area contributed by atoms with Gasteiger partial charge in [-0.3, -0.25) is 4.79 Å². The summed E-state index contributed by atoms with van der Waals surface area (Å²) >= 11 is 0. The Hall–Kier alpha value is -3.21. The van der Waals surface area contributed by atoms with Gasteiger partial charge >= 0.3 is 6.61 Å². The zero-order valence-electron chi connectivity index (χ0n) is 15.7. The number of carbonyl (C=O) groups is 1. The second-order valence-electron chi connectivity index (χ2n) is 7.39. The Morgan fingerprint density at radius 2 is 2.00 bits per heavy atom. The number of hydrogen-bond donors (Lipinski definition) is 2. The SMILES string of the molecule is CC1(NC(=O)c2ccc3c(c2)c(O)nn3-c2cccc(OC(F)F)c2)CS(=O)(=O)C1. The number of amides is 1. The third-order valence-corrected chi connectivity index (χ3v) is 6.86. The number of alkyl halides is 2. The number of aromatic nitrogens is 2. The molecule has 0 saturated carbocycles. The Morgan fingerprint density at radius 3 is 2.67 bits per heavy atom. The van der Waals surface area contributed by atoms with E-state index in [0.717, 1.165) is 0 Å². The summed E-state index contributed by atoms with van der Waals surface area (Å²) in [6.45, 7) is -1.33. The molecule has 0 bridgehead atoms. The summed E-state index contributed by atoms with van der Waals surface area (Å²) < 4.78 is 53.5. The zero-order chi connectivity index (χ0) is 21.7. The molecule has 0 aliphatic carbocycles. The number of nitrogens with one attached hydrogen (secondary N) is 1. The number of fused-ring (bicyclic) bond motifs is 1. The Bertz CT molecular complexity index is 1240. The molecule has 2 N–H and O–H groups in total. The fourth-order valence-electron chi connectivity index (χ4n) is 3.58. The van der Waals surface area contributed by atoms with E-state index in [0.29, 0.717) is 11.2 Å². The van der Waals surface area contributed by atoms with Gasteiger partial charge in [-0.2, -0.15) is 8.78 Å². The number of benzene rings is 2. The largest absolute Gasteiger partial charge is 0.492 e. The molecule has 11 heteroatoms. The second-order valence-corrected chi connectivity index (χ2v) is 9.45. The van der Waals surface area contributed by atoms with Crippen molar-refractivity contribution < 1.29 is 31.8 Å². The molecule has 0 radical (unpaired) electrons. The van der Waals surface area contributed by atoms with Crippen molar-refractivity contribution in [1.82, 2.24) is 15.1 Å². The van der Waals surface area contributed by atoms with E-state index in [1.165, 1.54) is 35.0 Å². The van der Waals surface area contributed by atoms with Crippen LogP contribution in [0.3, 0.4) is 0 Å². The van der Waals surface area contributed by atoms with Crippen molar-refractivity contribution in [2.75, 3.05) is 11.5 Å². The zero-order valence-corrected chi connectivity index (χ0v) is 16.5. The van der Waals surface area contributed by atoms with Crippen LogP contribution in [0.2, 0.25) is 0 Å². The molecular formula is C19H17F2N3O5S. The second kappa shape index (κ2) is 6.94. The van der Waals surface area contributed by atoms with Crippen LogP contribution >= 0.6 is 0 Å². The molecule has 1 saturated heterocycles. The molecule has 1 amide bonds. The van der Waals surface area contributed by atoms with Crippen LogP contribution in [0.15, 0.2) is 42.5 Å². The summed E-state index contributed by atoms with van der Waals surface area (Å²) in [5.41, 5.74) is 0.207. The molecule has 4 rings (SSSR count). The summed E-state index contributed by atoms with van der Waals surface area (Å²) in [5, 5.41) is 17.2. The minimum absolute atomic E-state index is 0.0645. The van der Waals surface area contributed by atoms with Gasteiger partial charge in [0.1, 0.15) is 5.75 Å². The van der Waals surface area contributed by atoms with Crippen LogP contribution in [0.1, 0.15) is 17.3 Å². The van der Waals surface area contributed by atoms with E-state index in [9.17, 15) is 27.1 Å². The summed E-state index contributed by atoms with van der Waals surface area (Å²) in [6.07, 6.45) is 0. The quantitative estimate of drug-likeness (QED) is 0.634. The molecule has 30 heavy (non-hydrogen) atoms. The summed E-state index contributed by atoms with van der Waals surface area (Å²) in [6, 6.07) is 10.3. The smallest absolute Gasteiger partial charge is 0.387 e. The molecule has 1 aliphatic heterocycles. The molecule has 0 atom stereocenters. The van der Waals surface area contributed by atoms with Crippen molar-refractivity contribution in [1.29, 1.82) is 0 Å². The number of sulfone groups is 1. The Balaban J connectivity index is 1.64. The lowest BCUT2D eigenvalue weighted by Crippen LogP contribution is -2.63. The van der Waals surface area contributed by atoms with Crippen molar-refractivity contribution in [2.24, 2.45) is 0 Å². The highest BCUT2D eigenvalue weighted by Gasteiger charge is 2.45. The maximum absolute atomic E-state index is 12.5. The van der Waals surface area contributed by atoms with Crippen molar-refractivity contribution in [3.05, 3.63) is 48.0 Å². The van der Waals surface area contributed by atoms with E-state index < -0.39 is 27.9 Å². The van der Waals surface area contributed by atoms with Crippen LogP contribution in [-0.2, 0) is 9.84 Å². The monoisotopic (exact) mass is 437 g/mol. The van der Waals surface area contributed by atoms with Gasteiger partial charge in [0.2, 0.25) is 5.88 Å². The van der Waals surface area contributed by atoms with Crippen LogP contribution in [0.5, 0.6) is 11.6 Å². The van der Waals surface area contributed by atoms with Crippen LogP contribution in [-0.4, -0.2) is 52.9 Å². The van der Waals surface area contributed by atoms with E-state index in [2.05, 4.69) is 15.2 Å². The van der Waals surface area contributed by atoms with E-state index >= 15 is 0 Å². The molecule has 1 aromatic heterocycles. The lowest BCUT2D eigenvalue weighted by Gasteiger charge is -2.38. The van der Waals surface area contributed by atoms with Crippen LogP contribution in [0, 0.1) is 0 Å². The van der Waals surface area contributed by atoms with E-state index in [1.807, 2.05) is 0 Å². The first-order valence-corrected chi connectivity index (χ1v) is 10.7. The number of carbonyl (C=O) groups excluding carboxylic acids is 1. The van der Waals surface area contributed by atoms with Crippen molar-refractivity contribution in [2.45, 2.75) is 19.1 Å². The molecule has 0 unspecified atom stereocenters. The Kier molecular flexibility index (Phi) is 4.64. The number of rotatable bonds is 5. The summed E-state index contributed by atoms with van der Waals surface area (Å²) in [5.74, 6) is -1.15. The lowest BCUT2D eigenvalue weighted by molar-refractivity contribution is -0.0498. The molecule has 2 heterocycles. The molecule has 2 aromatic carbocycles. The van der Waals surface area contributed by atoms with Crippen LogP contribution in [0.4, 0.5) is 8.78 Å². The van der Waals surface area contributed by atoms with Crippen molar-refractivity contribution in [3.63, 3.8) is 0 Å². The maximum Gasteiger partial charge on any atom is 0.387 e. The van der Waals surface area contributed by atoms with Crippen LogP contribution in [0.25, 0.3) is 16.6 Å². The standard InChI is InChI=1S/C19H17F2N3O5S/c1-19(9-30(27,28)10-19)22-16(25)11-5-6-15-14(7-11)17(26)23-24(15)12-3-2-4-13(8-12)29-18(20)21/h2-8,18H,9-10H2,1H3,(H,22,25)(H,23,26). The van der Waals surface area contributed by atoms with Gasteiger partial charge in [-0.25, -0.2) is 13.1 Å². The first-order valence-electron chi connectivity index (χ1n) is 8.85. The average Bonchev–Trinajstić information content (AvgIpc) is 2.95. The predicted octanol–water partition coefficient (Wildman–Crippen LogP) is 2.25. The maximum atomic E-state index is 12.5. The molecule has 158 valence electrons. The van der Waals surface area contributed by atoms with Gasteiger partial charge in [0.15, 0.2) is 9.84 Å². The van der Waals surface area contributed by atoms with Gasteiger partial charge in [-0.05, 0) is 37.3 Å². The topological polar surface area (TPSA) is 111 Å². The van der Waals surface area contributed by atoms with Crippen LogP contribution < -0.4 is 10.1 Å². The molecule has 1 aliphatic rings. The minimum Gasteiger partial charge on any atom is -0.492 e. The molecule has 3 aromatic rings. The van der Waals surface area contributed by atoms with Crippen molar-refractivity contribution >= 4 is 26.6 Å². The molecule has 1 fully saturated rings. The normalized spacial score (nSPS) is 16.9. The van der Waals surface area contributed by atoms with Gasteiger partial charge < -0.3 is 15.2 Å². The van der Waals surface area contributed by atoms with E-state index in [4.69, 9.17) is 0 Å². The first-order chi connectivity index (χ1) is 14.1. The molecule has 0 spiro atoms. The van der Waals surface area contributed by atoms with Gasteiger partial charge in [0, 0.05) is 11.6 Å². The average molecular weight is 437 g/mol. The van der Waals surface area contributed by atoms with E-state index in [-0.39, 0.29) is 34.1 Å². The van der Waals surface area contributed by atoms with Gasteiger partial charge in [-0.1, -0.05) is 6.07 Å². The summed E-state index contributed by atoms with van der Waals surface area (Å²) in [4.78, 5) is 12.5. The third-order valence-electron chi connectivity index (χ3n) is 4.70. The van der Waals surface area contributed by atoms with Gasteiger partial charge in [0.05, 0.1) is 33.6 Å². The first kappa shape index (κ1) is 20.1. The number of nitrogens with zero attached hydrogens (tertiary/aromatic N) is 2. The molecular weight excluding hydrogens is 420 g/mol. The number of ether oxygens (including phenoxy) is 1. The Morgan fingerprint density at radius 1 is 1.27 bits per heavy atom. The lowest BCUT2D eigenvalue weighted by atomic mass is 10.1. The molecule has 8 nitrogen and oxygen atoms in total. The third kappa shape index (κ3) is 3.80. The minimum atomic E-state index is -3.12.